The van der Waals surface area contributed by atoms with Gasteiger partial charge >= 0.3 is 0 Å². The van der Waals surface area contributed by atoms with E-state index in [2.05, 4.69) is 54.6 Å². The van der Waals surface area contributed by atoms with Gasteiger partial charge in [0.15, 0.2) is 0 Å². The van der Waals surface area contributed by atoms with E-state index in [0.717, 1.165) is 17.5 Å². The van der Waals surface area contributed by atoms with Gasteiger partial charge in [0.2, 0.25) is 0 Å². The van der Waals surface area contributed by atoms with Gasteiger partial charge in [0.05, 0.1) is 0 Å². The Balaban J connectivity index is 2.02. The maximum atomic E-state index is 4.37. The summed E-state index contributed by atoms with van der Waals surface area (Å²) >= 11 is 3.67. The van der Waals surface area contributed by atoms with E-state index in [0.29, 0.717) is 6.04 Å². The monoisotopic (exact) mass is 307 g/mol. The molecule has 3 nitrogen and oxygen atoms in total. The fourth-order valence-corrected chi connectivity index (χ4v) is 3.48. The summed E-state index contributed by atoms with van der Waals surface area (Å²) in [5.74, 6) is 1.27. The van der Waals surface area contributed by atoms with Gasteiger partial charge in [-0.15, -0.1) is 0 Å². The summed E-state index contributed by atoms with van der Waals surface area (Å²) in [5.41, 5.74) is 1.03. The smallest absolute Gasteiger partial charge is 0.138 e. The van der Waals surface area contributed by atoms with Crippen LogP contribution in [0, 0.1) is 0 Å². The van der Waals surface area contributed by atoms with Crippen LogP contribution >= 0.6 is 15.9 Å². The third-order valence-electron chi connectivity index (χ3n) is 3.76. The molecule has 1 atom stereocenters. The van der Waals surface area contributed by atoms with E-state index >= 15 is 0 Å². The molecule has 0 N–H and O–H groups in total. The van der Waals surface area contributed by atoms with Crippen molar-refractivity contribution in [2.24, 2.45) is 0 Å². The van der Waals surface area contributed by atoms with E-state index in [1.165, 1.54) is 31.5 Å². The summed E-state index contributed by atoms with van der Waals surface area (Å²) < 4.78 is 2.20. The van der Waals surface area contributed by atoms with Crippen molar-refractivity contribution in [3.05, 3.63) is 30.6 Å². The normalized spacial score (nSPS) is 21.2. The second-order valence-corrected chi connectivity index (χ2v) is 5.54. The molecule has 18 heavy (non-hydrogen) atoms. The number of rotatable bonds is 2. The fourth-order valence-electron chi connectivity index (χ4n) is 2.81. The minimum atomic E-state index is 0.598. The molecule has 3 rings (SSSR count). The van der Waals surface area contributed by atoms with Gasteiger partial charge in [-0.2, -0.15) is 0 Å². The molecule has 4 heteroatoms. The minimum absolute atomic E-state index is 0.598. The Kier molecular flexibility index (Phi) is 3.55. The second kappa shape index (κ2) is 5.31. The van der Waals surface area contributed by atoms with Crippen LogP contribution in [0.5, 0.6) is 0 Å². The van der Waals surface area contributed by atoms with E-state index in [9.17, 15) is 0 Å². The Labute approximate surface area is 116 Å². The molecule has 1 fully saturated rings. The number of hydrogen-bond donors (Lipinski definition) is 0. The van der Waals surface area contributed by atoms with Gasteiger partial charge in [-0.1, -0.05) is 34.8 Å². The highest BCUT2D eigenvalue weighted by atomic mass is 79.9. The van der Waals surface area contributed by atoms with E-state index in [-0.39, 0.29) is 0 Å². The van der Waals surface area contributed by atoms with Crippen molar-refractivity contribution in [3.8, 4) is 0 Å². The number of fused-ring (bicyclic) bond motifs is 1. The van der Waals surface area contributed by atoms with Gasteiger partial charge in [-0.05, 0) is 25.0 Å². The lowest BCUT2D eigenvalue weighted by Gasteiger charge is -2.31. The first-order chi connectivity index (χ1) is 8.90. The zero-order chi connectivity index (χ0) is 12.4. The Morgan fingerprint density at radius 1 is 1.28 bits per heavy atom. The number of aromatic nitrogens is 2. The topological polar surface area (TPSA) is 20.5 Å². The molecular formula is C14H18BrN3. The largest absolute Gasteiger partial charge is 0.354 e. The summed E-state index contributed by atoms with van der Waals surface area (Å²) in [5, 5.41) is 1.04. The minimum Gasteiger partial charge on any atom is -0.354 e. The first-order valence-electron chi connectivity index (χ1n) is 6.65. The summed E-state index contributed by atoms with van der Waals surface area (Å²) in [6.45, 7) is 1.15. The van der Waals surface area contributed by atoms with Crippen molar-refractivity contribution in [2.45, 2.75) is 31.7 Å². The van der Waals surface area contributed by atoms with Crippen molar-refractivity contribution in [3.63, 3.8) is 0 Å². The number of anilines is 1. The maximum absolute atomic E-state index is 4.37. The molecule has 1 saturated heterocycles. The lowest BCUT2D eigenvalue weighted by molar-refractivity contribution is 0.619. The van der Waals surface area contributed by atoms with Crippen molar-refractivity contribution in [1.82, 2.24) is 9.38 Å². The number of alkyl halides is 1. The maximum Gasteiger partial charge on any atom is 0.138 e. The number of hydrogen-bond acceptors (Lipinski definition) is 2. The van der Waals surface area contributed by atoms with Gasteiger partial charge in [-0.25, -0.2) is 4.98 Å². The van der Waals surface area contributed by atoms with Crippen molar-refractivity contribution < 1.29 is 0 Å². The van der Waals surface area contributed by atoms with E-state index in [1.807, 2.05) is 6.20 Å². The van der Waals surface area contributed by atoms with Crippen LogP contribution in [0.1, 0.15) is 25.7 Å². The Bertz CT molecular complexity index is 522. The molecule has 1 aliphatic heterocycles. The second-order valence-electron chi connectivity index (χ2n) is 4.89. The van der Waals surface area contributed by atoms with E-state index in [4.69, 9.17) is 0 Å². The lowest BCUT2D eigenvalue weighted by atomic mass is 10.1. The molecule has 2 aromatic heterocycles. The first-order valence-corrected chi connectivity index (χ1v) is 7.77. The number of imidazole rings is 1. The molecule has 0 radical (unpaired) electrons. The van der Waals surface area contributed by atoms with Crippen molar-refractivity contribution in [1.29, 1.82) is 0 Å². The molecule has 0 amide bonds. The molecule has 3 heterocycles. The van der Waals surface area contributed by atoms with Gasteiger partial charge in [-0.3, -0.25) is 4.40 Å². The molecule has 2 aromatic rings. The molecule has 0 aliphatic carbocycles. The predicted molar refractivity (Wildman–Crippen MR) is 78.6 cm³/mol. The zero-order valence-corrected chi connectivity index (χ0v) is 12.0. The number of pyridine rings is 1. The fraction of sp³-hybridized carbons (Fsp3) is 0.500. The SMILES string of the molecule is BrCC1CCCCCN1c1cccc2nccn12. The predicted octanol–water partition coefficient (Wildman–Crippen LogP) is 3.48. The highest BCUT2D eigenvalue weighted by Gasteiger charge is 2.21. The van der Waals surface area contributed by atoms with Gasteiger partial charge in [0.1, 0.15) is 11.5 Å². The van der Waals surface area contributed by atoms with Gasteiger partial charge in [0, 0.05) is 30.3 Å². The Morgan fingerprint density at radius 2 is 2.22 bits per heavy atom. The Hall–Kier alpha value is -1.03. The highest BCUT2D eigenvalue weighted by molar-refractivity contribution is 9.09. The standard InChI is InChI=1S/C14H18BrN3/c15-11-12-5-2-1-3-9-17(12)14-7-4-6-13-16-8-10-18(13)14/h4,6-8,10,12H,1-3,5,9,11H2. The molecular weight excluding hydrogens is 290 g/mol. The van der Waals surface area contributed by atoms with Crippen LogP contribution in [0.4, 0.5) is 5.82 Å². The average Bonchev–Trinajstić information content (AvgIpc) is 2.76. The molecule has 0 bridgehead atoms. The zero-order valence-electron chi connectivity index (χ0n) is 10.4. The average molecular weight is 308 g/mol. The molecule has 1 aliphatic rings. The first kappa shape index (κ1) is 12.0. The highest BCUT2D eigenvalue weighted by Crippen LogP contribution is 2.25. The summed E-state index contributed by atoms with van der Waals surface area (Å²) in [6, 6.07) is 6.97. The van der Waals surface area contributed by atoms with E-state index < -0.39 is 0 Å². The van der Waals surface area contributed by atoms with Crippen LogP contribution in [-0.4, -0.2) is 27.3 Å². The third kappa shape index (κ3) is 2.14. The van der Waals surface area contributed by atoms with Gasteiger partial charge < -0.3 is 4.90 Å². The summed E-state index contributed by atoms with van der Waals surface area (Å²) in [6.07, 6.45) is 9.18. The van der Waals surface area contributed by atoms with Crippen LogP contribution in [0.3, 0.4) is 0 Å². The van der Waals surface area contributed by atoms with Crippen molar-refractivity contribution in [2.75, 3.05) is 16.8 Å². The van der Waals surface area contributed by atoms with Crippen molar-refractivity contribution >= 4 is 27.4 Å². The van der Waals surface area contributed by atoms with E-state index in [1.54, 1.807) is 0 Å². The van der Waals surface area contributed by atoms with Gasteiger partial charge in [0.25, 0.3) is 0 Å². The van der Waals surface area contributed by atoms with Crippen LogP contribution in [0.2, 0.25) is 0 Å². The molecule has 0 saturated carbocycles. The van der Waals surface area contributed by atoms with Crippen LogP contribution in [-0.2, 0) is 0 Å². The third-order valence-corrected chi connectivity index (χ3v) is 4.50. The van der Waals surface area contributed by atoms with Crippen LogP contribution in [0.15, 0.2) is 30.6 Å². The Morgan fingerprint density at radius 3 is 3.11 bits per heavy atom. The quantitative estimate of drug-likeness (QED) is 0.792. The van der Waals surface area contributed by atoms with Crippen LogP contribution in [0.25, 0.3) is 5.65 Å². The van der Waals surface area contributed by atoms with Crippen LogP contribution < -0.4 is 4.90 Å². The number of nitrogens with zero attached hydrogens (tertiary/aromatic N) is 3. The number of halogens is 1. The molecule has 0 spiro atoms. The lowest BCUT2D eigenvalue weighted by Crippen LogP contribution is -2.37. The molecule has 0 aromatic carbocycles. The summed E-state index contributed by atoms with van der Waals surface area (Å²) in [4.78, 5) is 6.91. The summed E-state index contributed by atoms with van der Waals surface area (Å²) in [7, 11) is 0. The molecule has 1 unspecified atom stereocenters. The molecule has 96 valence electrons.